The van der Waals surface area contributed by atoms with Gasteiger partial charge in [0.1, 0.15) is 0 Å². The third-order valence-corrected chi connectivity index (χ3v) is 4.60. The fourth-order valence-corrected chi connectivity index (χ4v) is 3.17. The van der Waals surface area contributed by atoms with E-state index in [9.17, 15) is 9.59 Å². The number of carboxylic acid groups (broad SMARTS) is 1. The van der Waals surface area contributed by atoms with Crippen LogP contribution in [0.4, 0.5) is 4.79 Å². The Balaban J connectivity index is 1.85. The molecule has 6 heteroatoms. The smallest absolute Gasteiger partial charge is 0.318 e. The van der Waals surface area contributed by atoms with E-state index >= 15 is 0 Å². The predicted molar refractivity (Wildman–Crippen MR) is 78.1 cm³/mol. The Hall–Kier alpha value is -1.30. The number of ether oxygens (including phenoxy) is 1. The van der Waals surface area contributed by atoms with E-state index in [1.807, 2.05) is 11.8 Å². The van der Waals surface area contributed by atoms with Crippen LogP contribution < -0.4 is 5.32 Å². The van der Waals surface area contributed by atoms with E-state index in [0.29, 0.717) is 26.0 Å². The van der Waals surface area contributed by atoms with Crippen molar-refractivity contribution in [3.8, 4) is 0 Å². The van der Waals surface area contributed by atoms with Crippen LogP contribution in [0.25, 0.3) is 0 Å². The van der Waals surface area contributed by atoms with Crippen molar-refractivity contribution < 1.29 is 19.4 Å². The highest BCUT2D eigenvalue weighted by Crippen LogP contribution is 2.25. The quantitative estimate of drug-likeness (QED) is 0.833. The number of hydrogen-bond acceptors (Lipinski definition) is 3. The number of amides is 2. The summed E-state index contributed by atoms with van der Waals surface area (Å²) in [5.41, 5.74) is 0. The number of carbonyl (C=O) groups is 2. The summed E-state index contributed by atoms with van der Waals surface area (Å²) < 4.78 is 5.61. The lowest BCUT2D eigenvalue weighted by Crippen LogP contribution is -2.56. The summed E-state index contributed by atoms with van der Waals surface area (Å²) >= 11 is 0. The molecule has 1 saturated carbocycles. The van der Waals surface area contributed by atoms with Crippen LogP contribution in [0.1, 0.15) is 46.0 Å². The van der Waals surface area contributed by atoms with Gasteiger partial charge in [0.05, 0.1) is 24.7 Å². The standard InChI is InChI=1S/C15H26N2O4/c1-3-13-9-21-10(2)8-17(13)15(20)16-12-6-4-11(5-7-12)14(18)19/h10-13H,3-9H2,1-2H3,(H,16,20)(H,18,19). The highest BCUT2D eigenvalue weighted by Gasteiger charge is 2.32. The molecule has 2 aliphatic rings. The zero-order chi connectivity index (χ0) is 15.4. The number of morpholine rings is 1. The number of urea groups is 1. The van der Waals surface area contributed by atoms with Gasteiger partial charge < -0.3 is 20.1 Å². The Labute approximate surface area is 125 Å². The Morgan fingerprint density at radius 1 is 1.29 bits per heavy atom. The summed E-state index contributed by atoms with van der Waals surface area (Å²) in [6, 6.07) is 0.205. The minimum Gasteiger partial charge on any atom is -0.481 e. The fraction of sp³-hybridized carbons (Fsp3) is 0.867. The number of carbonyl (C=O) groups excluding carboxylic acids is 1. The molecule has 0 aromatic rings. The first-order valence-corrected chi connectivity index (χ1v) is 7.92. The number of carboxylic acids is 1. The Kier molecular flexibility index (Phi) is 5.45. The first kappa shape index (κ1) is 16.1. The van der Waals surface area contributed by atoms with Crippen molar-refractivity contribution in [2.75, 3.05) is 13.2 Å². The SMILES string of the molecule is CCC1COC(C)CN1C(=O)NC1CCC(C(=O)O)CC1. The second-order valence-electron chi connectivity index (χ2n) is 6.19. The van der Waals surface area contributed by atoms with Gasteiger partial charge in [0.15, 0.2) is 0 Å². The molecular weight excluding hydrogens is 272 g/mol. The average molecular weight is 298 g/mol. The third kappa shape index (κ3) is 4.09. The van der Waals surface area contributed by atoms with Crippen LogP contribution in [0.3, 0.4) is 0 Å². The first-order chi connectivity index (χ1) is 10.0. The number of rotatable bonds is 3. The van der Waals surface area contributed by atoms with E-state index in [4.69, 9.17) is 9.84 Å². The summed E-state index contributed by atoms with van der Waals surface area (Å²) in [6.07, 6.45) is 3.75. The molecule has 2 amide bonds. The summed E-state index contributed by atoms with van der Waals surface area (Å²) in [7, 11) is 0. The highest BCUT2D eigenvalue weighted by atomic mass is 16.5. The highest BCUT2D eigenvalue weighted by molar-refractivity contribution is 5.75. The monoisotopic (exact) mass is 298 g/mol. The van der Waals surface area contributed by atoms with E-state index in [1.54, 1.807) is 0 Å². The molecule has 0 radical (unpaired) electrons. The fourth-order valence-electron chi connectivity index (χ4n) is 3.17. The number of nitrogens with zero attached hydrogens (tertiary/aromatic N) is 1. The summed E-state index contributed by atoms with van der Waals surface area (Å²) in [5.74, 6) is -0.960. The number of nitrogens with one attached hydrogen (secondary N) is 1. The summed E-state index contributed by atoms with van der Waals surface area (Å²) in [4.78, 5) is 25.3. The van der Waals surface area contributed by atoms with Crippen LogP contribution in [-0.4, -0.2) is 53.3 Å². The normalized spacial score (nSPS) is 33.5. The molecule has 0 aromatic heterocycles. The van der Waals surface area contributed by atoms with Crippen molar-refractivity contribution in [1.29, 1.82) is 0 Å². The maximum Gasteiger partial charge on any atom is 0.318 e. The van der Waals surface area contributed by atoms with Crippen molar-refractivity contribution in [2.45, 2.75) is 64.1 Å². The minimum absolute atomic E-state index is 0.0317. The molecule has 0 bridgehead atoms. The van der Waals surface area contributed by atoms with Gasteiger partial charge >= 0.3 is 12.0 Å². The largest absolute Gasteiger partial charge is 0.481 e. The van der Waals surface area contributed by atoms with Crippen LogP contribution >= 0.6 is 0 Å². The molecular formula is C15H26N2O4. The molecule has 2 unspecified atom stereocenters. The van der Waals surface area contributed by atoms with Gasteiger partial charge in [0, 0.05) is 12.6 Å². The van der Waals surface area contributed by atoms with Crippen molar-refractivity contribution >= 4 is 12.0 Å². The van der Waals surface area contributed by atoms with Crippen molar-refractivity contribution in [1.82, 2.24) is 10.2 Å². The Morgan fingerprint density at radius 2 is 1.95 bits per heavy atom. The van der Waals surface area contributed by atoms with Crippen LogP contribution in [0.2, 0.25) is 0 Å². The Morgan fingerprint density at radius 3 is 2.52 bits per heavy atom. The molecule has 6 nitrogen and oxygen atoms in total. The van der Waals surface area contributed by atoms with Crippen LogP contribution in [0, 0.1) is 5.92 Å². The van der Waals surface area contributed by atoms with Gasteiger partial charge in [-0.3, -0.25) is 4.79 Å². The summed E-state index contributed by atoms with van der Waals surface area (Å²) in [6.45, 7) is 5.25. The van der Waals surface area contributed by atoms with E-state index in [-0.39, 0.29) is 30.1 Å². The molecule has 2 N–H and O–H groups in total. The van der Waals surface area contributed by atoms with Crippen LogP contribution in [0.15, 0.2) is 0 Å². The third-order valence-electron chi connectivity index (χ3n) is 4.60. The lowest BCUT2D eigenvalue weighted by molar-refractivity contribution is -0.142. The molecule has 0 aromatic carbocycles. The van der Waals surface area contributed by atoms with Crippen LogP contribution in [-0.2, 0) is 9.53 Å². The number of aliphatic carboxylic acids is 1. The first-order valence-electron chi connectivity index (χ1n) is 7.92. The Bertz CT molecular complexity index is 380. The molecule has 120 valence electrons. The van der Waals surface area contributed by atoms with Gasteiger partial charge in [0.25, 0.3) is 0 Å². The molecule has 1 saturated heterocycles. The van der Waals surface area contributed by atoms with Crippen molar-refractivity contribution in [3.63, 3.8) is 0 Å². The second kappa shape index (κ2) is 7.11. The maximum absolute atomic E-state index is 12.4. The number of hydrogen-bond donors (Lipinski definition) is 2. The van der Waals surface area contributed by atoms with Crippen molar-refractivity contribution in [3.05, 3.63) is 0 Å². The molecule has 1 aliphatic carbocycles. The van der Waals surface area contributed by atoms with Gasteiger partial charge in [-0.1, -0.05) is 6.92 Å². The molecule has 0 spiro atoms. The molecule has 21 heavy (non-hydrogen) atoms. The van der Waals surface area contributed by atoms with E-state index in [1.165, 1.54) is 0 Å². The maximum atomic E-state index is 12.4. The molecule has 2 rings (SSSR count). The molecule has 2 atom stereocenters. The predicted octanol–water partition coefficient (Wildman–Crippen LogP) is 1.84. The second-order valence-corrected chi connectivity index (χ2v) is 6.19. The van der Waals surface area contributed by atoms with Crippen molar-refractivity contribution in [2.24, 2.45) is 5.92 Å². The van der Waals surface area contributed by atoms with E-state index in [0.717, 1.165) is 19.3 Å². The van der Waals surface area contributed by atoms with Gasteiger partial charge in [-0.15, -0.1) is 0 Å². The van der Waals surface area contributed by atoms with Gasteiger partial charge in [-0.25, -0.2) is 4.79 Å². The van der Waals surface area contributed by atoms with E-state index < -0.39 is 5.97 Å². The molecule has 1 heterocycles. The van der Waals surface area contributed by atoms with Gasteiger partial charge in [-0.2, -0.15) is 0 Å². The van der Waals surface area contributed by atoms with Gasteiger partial charge in [-0.05, 0) is 39.0 Å². The lowest BCUT2D eigenvalue weighted by Gasteiger charge is -2.39. The zero-order valence-corrected chi connectivity index (χ0v) is 12.9. The lowest BCUT2D eigenvalue weighted by atomic mass is 9.86. The minimum atomic E-state index is -0.715. The summed E-state index contributed by atoms with van der Waals surface area (Å²) in [5, 5.41) is 12.1. The van der Waals surface area contributed by atoms with Crippen LogP contribution in [0.5, 0.6) is 0 Å². The molecule has 1 aliphatic heterocycles. The molecule has 2 fully saturated rings. The van der Waals surface area contributed by atoms with Gasteiger partial charge in [0.2, 0.25) is 0 Å². The zero-order valence-electron chi connectivity index (χ0n) is 12.9. The van der Waals surface area contributed by atoms with E-state index in [2.05, 4.69) is 12.2 Å². The average Bonchev–Trinajstić information content (AvgIpc) is 2.47. The topological polar surface area (TPSA) is 78.9 Å².